The predicted molar refractivity (Wildman–Crippen MR) is 72.4 cm³/mol. The number of nitrogens with zero attached hydrogens (tertiary/aromatic N) is 1. The molecule has 112 valence electrons. The van der Waals surface area contributed by atoms with E-state index in [1.165, 1.54) is 25.9 Å². The van der Waals surface area contributed by atoms with Crippen LogP contribution in [0.25, 0.3) is 0 Å². The van der Waals surface area contributed by atoms with E-state index in [4.69, 9.17) is 0 Å². The molecule has 0 saturated carbocycles. The van der Waals surface area contributed by atoms with Crippen LogP contribution in [-0.4, -0.2) is 56.9 Å². The van der Waals surface area contributed by atoms with Crippen molar-refractivity contribution in [3.8, 4) is 0 Å². The molecule has 0 atom stereocenters. The van der Waals surface area contributed by atoms with Crippen LogP contribution in [0.1, 0.15) is 27.7 Å². The number of ether oxygens (including phenoxy) is 1. The minimum absolute atomic E-state index is 0.403. The first kappa shape index (κ1) is 17.9. The van der Waals surface area contributed by atoms with Crippen LogP contribution in [0.15, 0.2) is 0 Å². The summed E-state index contributed by atoms with van der Waals surface area (Å²) in [6.45, 7) is 7.46. The molecule has 0 radical (unpaired) electrons. The number of carbonyl (C=O) groups excluding carboxylic acids is 2. The molecule has 0 N–H and O–H groups in total. The number of carbonyl (C=O) groups is 2. The molecule has 0 aromatic carbocycles. The Kier molecular flexibility index (Phi) is 6.48. The predicted octanol–water partition coefficient (Wildman–Crippen LogP) is 0.469. The Balaban J connectivity index is 4.83. The first-order chi connectivity index (χ1) is 8.59. The molecule has 7 heteroatoms. The lowest BCUT2D eigenvalue weighted by Crippen LogP contribution is -2.40. The van der Waals surface area contributed by atoms with Gasteiger partial charge in [-0.25, -0.2) is 8.42 Å². The Hall–Kier alpha value is -1.11. The van der Waals surface area contributed by atoms with Crippen LogP contribution in [-0.2, 0) is 24.2 Å². The summed E-state index contributed by atoms with van der Waals surface area (Å²) in [6, 6.07) is 0. The van der Waals surface area contributed by atoms with Crippen molar-refractivity contribution in [2.75, 3.05) is 31.7 Å². The van der Waals surface area contributed by atoms with Gasteiger partial charge in [-0.15, -0.1) is 0 Å². The quantitative estimate of drug-likeness (QED) is 0.637. The Morgan fingerprint density at radius 3 is 2.00 bits per heavy atom. The lowest BCUT2D eigenvalue weighted by molar-refractivity contribution is -0.149. The molecule has 0 aromatic rings. The number of amides is 1. The van der Waals surface area contributed by atoms with Crippen LogP contribution in [0, 0.1) is 5.41 Å². The van der Waals surface area contributed by atoms with Crippen LogP contribution in [0.5, 0.6) is 0 Å². The summed E-state index contributed by atoms with van der Waals surface area (Å²) in [6.07, 6.45) is 0. The first-order valence-electron chi connectivity index (χ1n) is 6.16. The molecule has 0 aliphatic rings. The molecule has 0 rings (SSSR count). The van der Waals surface area contributed by atoms with Gasteiger partial charge in [0.25, 0.3) is 0 Å². The zero-order valence-corrected chi connectivity index (χ0v) is 13.0. The molecule has 0 saturated heterocycles. The normalized spacial score (nSPS) is 12.1. The van der Waals surface area contributed by atoms with Crippen molar-refractivity contribution >= 4 is 21.7 Å². The lowest BCUT2D eigenvalue weighted by Gasteiger charge is -2.22. The third-order valence-corrected chi connectivity index (χ3v) is 4.63. The maximum atomic E-state index is 12.0. The summed E-state index contributed by atoms with van der Waals surface area (Å²) in [5.41, 5.74) is -1.16. The van der Waals surface area contributed by atoms with Gasteiger partial charge in [0.15, 0.2) is 9.84 Å². The molecular weight excluding hydrogens is 270 g/mol. The van der Waals surface area contributed by atoms with E-state index in [9.17, 15) is 18.0 Å². The molecule has 0 heterocycles. The van der Waals surface area contributed by atoms with Crippen molar-refractivity contribution in [1.82, 2.24) is 4.90 Å². The van der Waals surface area contributed by atoms with Gasteiger partial charge >= 0.3 is 5.97 Å². The third-order valence-electron chi connectivity index (χ3n) is 2.78. The number of rotatable bonds is 7. The third kappa shape index (κ3) is 5.59. The molecule has 6 nitrogen and oxygen atoms in total. The molecule has 0 aliphatic carbocycles. The fraction of sp³-hybridized carbons (Fsp3) is 0.833. The van der Waals surface area contributed by atoms with Crippen LogP contribution < -0.4 is 0 Å². The zero-order valence-electron chi connectivity index (χ0n) is 12.2. The van der Waals surface area contributed by atoms with E-state index >= 15 is 0 Å². The van der Waals surface area contributed by atoms with Gasteiger partial charge in [-0.3, -0.25) is 9.59 Å². The number of esters is 1. The number of hydrogen-bond donors (Lipinski definition) is 0. The molecule has 0 unspecified atom stereocenters. The maximum Gasteiger partial charge on any atom is 0.312 e. The van der Waals surface area contributed by atoms with E-state index in [0.29, 0.717) is 13.1 Å². The van der Waals surface area contributed by atoms with Gasteiger partial charge in [0.1, 0.15) is 5.75 Å². The minimum Gasteiger partial charge on any atom is -0.469 e. The highest BCUT2D eigenvalue weighted by atomic mass is 32.2. The van der Waals surface area contributed by atoms with Crippen molar-refractivity contribution in [1.29, 1.82) is 0 Å². The van der Waals surface area contributed by atoms with Crippen molar-refractivity contribution in [2.45, 2.75) is 27.7 Å². The van der Waals surface area contributed by atoms with Gasteiger partial charge in [-0.1, -0.05) is 0 Å². The van der Waals surface area contributed by atoms with Crippen LogP contribution in [0.3, 0.4) is 0 Å². The largest absolute Gasteiger partial charge is 0.469 e. The van der Waals surface area contributed by atoms with Crippen molar-refractivity contribution < 1.29 is 22.7 Å². The van der Waals surface area contributed by atoms with E-state index in [2.05, 4.69) is 4.74 Å². The van der Waals surface area contributed by atoms with Gasteiger partial charge in [0.2, 0.25) is 5.91 Å². The Bertz CT molecular complexity index is 423. The summed E-state index contributed by atoms with van der Waals surface area (Å²) in [7, 11) is -2.44. The van der Waals surface area contributed by atoms with E-state index in [-0.39, 0.29) is 0 Å². The van der Waals surface area contributed by atoms with E-state index in [0.717, 1.165) is 0 Å². The Morgan fingerprint density at radius 1 is 1.16 bits per heavy atom. The van der Waals surface area contributed by atoms with Crippen molar-refractivity contribution in [2.24, 2.45) is 5.41 Å². The second-order valence-electron chi connectivity index (χ2n) is 4.97. The van der Waals surface area contributed by atoms with Crippen LogP contribution in [0.2, 0.25) is 0 Å². The van der Waals surface area contributed by atoms with Crippen molar-refractivity contribution in [3.63, 3.8) is 0 Å². The molecule has 0 bridgehead atoms. The van der Waals surface area contributed by atoms with Gasteiger partial charge in [0, 0.05) is 13.1 Å². The van der Waals surface area contributed by atoms with E-state index in [1.807, 2.05) is 0 Å². The van der Waals surface area contributed by atoms with E-state index in [1.54, 1.807) is 13.8 Å². The summed E-state index contributed by atoms with van der Waals surface area (Å²) >= 11 is 0. The van der Waals surface area contributed by atoms with Crippen LogP contribution in [0.4, 0.5) is 0 Å². The molecule has 1 amide bonds. The average molecular weight is 293 g/mol. The summed E-state index contributed by atoms with van der Waals surface area (Å²) < 4.78 is 28.5. The summed E-state index contributed by atoms with van der Waals surface area (Å²) in [5, 5.41) is 0. The highest BCUT2D eigenvalue weighted by Crippen LogP contribution is 2.20. The smallest absolute Gasteiger partial charge is 0.312 e. The molecule has 19 heavy (non-hydrogen) atoms. The SMILES string of the molecule is CCN(CC)C(=O)CS(=O)(=O)CC(C)(C)C(=O)OC. The number of hydrogen-bond acceptors (Lipinski definition) is 5. The average Bonchev–Trinajstić information content (AvgIpc) is 2.27. The monoisotopic (exact) mass is 293 g/mol. The zero-order chi connectivity index (χ0) is 15.3. The molecular formula is C12H23NO5S. The fourth-order valence-corrected chi connectivity index (χ4v) is 3.67. The molecule has 0 fully saturated rings. The van der Waals surface area contributed by atoms with E-state index < -0.39 is 38.6 Å². The molecule has 0 spiro atoms. The Morgan fingerprint density at radius 2 is 1.63 bits per heavy atom. The maximum absolute atomic E-state index is 12.0. The standard InChI is InChI=1S/C12H23NO5S/c1-6-13(7-2)10(14)8-19(16,17)9-12(3,4)11(15)18-5/h6-9H2,1-5H3. The van der Waals surface area contributed by atoms with Crippen LogP contribution >= 0.6 is 0 Å². The first-order valence-corrected chi connectivity index (χ1v) is 7.98. The van der Waals surface area contributed by atoms with Gasteiger partial charge in [-0.05, 0) is 27.7 Å². The summed E-state index contributed by atoms with van der Waals surface area (Å²) in [5.74, 6) is -2.02. The fourth-order valence-electron chi connectivity index (χ4n) is 1.79. The number of methoxy groups -OCH3 is 1. The van der Waals surface area contributed by atoms with Gasteiger partial charge < -0.3 is 9.64 Å². The highest BCUT2D eigenvalue weighted by Gasteiger charge is 2.35. The Labute approximate surface area is 115 Å². The topological polar surface area (TPSA) is 80.8 Å². The van der Waals surface area contributed by atoms with Gasteiger partial charge in [0.05, 0.1) is 18.3 Å². The summed E-state index contributed by atoms with van der Waals surface area (Å²) in [4.78, 5) is 24.7. The number of sulfone groups is 1. The lowest BCUT2D eigenvalue weighted by atomic mass is 9.97. The molecule has 0 aromatic heterocycles. The van der Waals surface area contributed by atoms with Gasteiger partial charge in [-0.2, -0.15) is 0 Å². The second-order valence-corrected chi connectivity index (χ2v) is 7.04. The highest BCUT2D eigenvalue weighted by molar-refractivity contribution is 7.92. The molecule has 0 aliphatic heterocycles. The van der Waals surface area contributed by atoms with Crippen molar-refractivity contribution in [3.05, 3.63) is 0 Å². The second kappa shape index (κ2) is 6.88. The minimum atomic E-state index is -3.65.